The van der Waals surface area contributed by atoms with E-state index in [2.05, 4.69) is 20.7 Å². The zero-order chi connectivity index (χ0) is 11.4. The molecular weight excluding hydrogens is 208 g/mol. The fraction of sp³-hybridized carbons (Fsp3) is 0.700. The SMILES string of the molecule is O=C(NCC1CCCC1CO)c1cn[nH]n1. The van der Waals surface area contributed by atoms with Gasteiger partial charge in [-0.1, -0.05) is 6.42 Å². The van der Waals surface area contributed by atoms with Gasteiger partial charge in [-0.05, 0) is 24.7 Å². The van der Waals surface area contributed by atoms with E-state index in [9.17, 15) is 4.79 Å². The molecule has 0 radical (unpaired) electrons. The molecule has 0 spiro atoms. The number of hydrogen-bond acceptors (Lipinski definition) is 4. The van der Waals surface area contributed by atoms with Gasteiger partial charge in [-0.3, -0.25) is 4.79 Å². The molecule has 0 saturated heterocycles. The fourth-order valence-electron chi connectivity index (χ4n) is 2.25. The summed E-state index contributed by atoms with van der Waals surface area (Å²) in [5.41, 5.74) is 0.304. The van der Waals surface area contributed by atoms with Crippen LogP contribution in [-0.4, -0.2) is 39.6 Å². The number of aliphatic hydroxyl groups excluding tert-OH is 1. The molecule has 1 aromatic rings. The van der Waals surface area contributed by atoms with Gasteiger partial charge in [-0.15, -0.1) is 0 Å². The molecule has 1 aromatic heterocycles. The highest BCUT2D eigenvalue weighted by Gasteiger charge is 2.26. The molecule has 88 valence electrons. The normalized spacial score (nSPS) is 24.6. The first-order chi connectivity index (χ1) is 7.81. The van der Waals surface area contributed by atoms with Crippen molar-refractivity contribution in [2.24, 2.45) is 11.8 Å². The minimum absolute atomic E-state index is 0.211. The van der Waals surface area contributed by atoms with E-state index in [0.717, 1.165) is 19.3 Å². The molecule has 16 heavy (non-hydrogen) atoms. The number of hydrogen-bond donors (Lipinski definition) is 3. The number of aromatic amines is 1. The first-order valence-corrected chi connectivity index (χ1v) is 5.56. The van der Waals surface area contributed by atoms with Crippen LogP contribution in [0.5, 0.6) is 0 Å². The zero-order valence-electron chi connectivity index (χ0n) is 9.02. The third kappa shape index (κ3) is 2.38. The van der Waals surface area contributed by atoms with Crippen LogP contribution in [0.2, 0.25) is 0 Å². The van der Waals surface area contributed by atoms with Crippen molar-refractivity contribution in [1.82, 2.24) is 20.7 Å². The maximum absolute atomic E-state index is 11.6. The van der Waals surface area contributed by atoms with Crippen molar-refractivity contribution < 1.29 is 9.90 Å². The fourth-order valence-corrected chi connectivity index (χ4v) is 2.25. The number of carbonyl (C=O) groups excluding carboxylic acids is 1. The van der Waals surface area contributed by atoms with Crippen LogP contribution in [0.15, 0.2) is 6.20 Å². The standard InChI is InChI=1S/C10H16N4O2/c15-6-8-3-1-2-7(8)4-11-10(16)9-5-12-14-13-9/h5,7-8,15H,1-4,6H2,(H,11,16)(H,12,13,14). The van der Waals surface area contributed by atoms with Gasteiger partial charge < -0.3 is 10.4 Å². The van der Waals surface area contributed by atoms with E-state index in [1.54, 1.807) is 0 Å². The summed E-state index contributed by atoms with van der Waals surface area (Å²) in [6.07, 6.45) is 4.66. The van der Waals surface area contributed by atoms with E-state index < -0.39 is 0 Å². The lowest BCUT2D eigenvalue weighted by Gasteiger charge is -2.17. The Bertz CT molecular complexity index is 339. The molecule has 1 aliphatic rings. The summed E-state index contributed by atoms with van der Waals surface area (Å²) in [6, 6.07) is 0. The third-order valence-electron chi connectivity index (χ3n) is 3.22. The molecule has 2 rings (SSSR count). The zero-order valence-corrected chi connectivity index (χ0v) is 9.02. The number of amides is 1. The molecule has 1 amide bonds. The van der Waals surface area contributed by atoms with Gasteiger partial charge in [-0.25, -0.2) is 0 Å². The van der Waals surface area contributed by atoms with Crippen LogP contribution in [-0.2, 0) is 0 Å². The van der Waals surface area contributed by atoms with Crippen LogP contribution in [0.4, 0.5) is 0 Å². The number of nitrogens with zero attached hydrogens (tertiary/aromatic N) is 2. The quantitative estimate of drug-likeness (QED) is 0.668. The smallest absolute Gasteiger partial charge is 0.273 e. The predicted molar refractivity (Wildman–Crippen MR) is 56.6 cm³/mol. The van der Waals surface area contributed by atoms with Crippen molar-refractivity contribution in [3.63, 3.8) is 0 Å². The third-order valence-corrected chi connectivity index (χ3v) is 3.22. The number of rotatable bonds is 4. The first-order valence-electron chi connectivity index (χ1n) is 5.56. The van der Waals surface area contributed by atoms with E-state index in [-0.39, 0.29) is 12.5 Å². The maximum atomic E-state index is 11.6. The molecule has 6 heteroatoms. The lowest BCUT2D eigenvalue weighted by Crippen LogP contribution is -2.31. The summed E-state index contributed by atoms with van der Waals surface area (Å²) < 4.78 is 0. The van der Waals surface area contributed by atoms with Crippen LogP contribution in [0.25, 0.3) is 0 Å². The summed E-state index contributed by atoms with van der Waals surface area (Å²) in [4.78, 5) is 11.6. The van der Waals surface area contributed by atoms with Crippen molar-refractivity contribution >= 4 is 5.91 Å². The van der Waals surface area contributed by atoms with Gasteiger partial charge in [0.05, 0.1) is 6.20 Å². The van der Waals surface area contributed by atoms with Gasteiger partial charge >= 0.3 is 0 Å². The van der Waals surface area contributed by atoms with E-state index >= 15 is 0 Å². The second kappa shape index (κ2) is 5.07. The summed E-state index contributed by atoms with van der Waals surface area (Å²) in [7, 11) is 0. The lowest BCUT2D eigenvalue weighted by molar-refractivity contribution is 0.0932. The van der Waals surface area contributed by atoms with Crippen molar-refractivity contribution in [2.45, 2.75) is 19.3 Å². The lowest BCUT2D eigenvalue weighted by atomic mass is 9.97. The summed E-state index contributed by atoms with van der Waals surface area (Å²) in [6.45, 7) is 0.821. The second-order valence-corrected chi connectivity index (χ2v) is 4.20. The molecule has 0 aliphatic heterocycles. The number of H-pyrrole nitrogens is 1. The van der Waals surface area contributed by atoms with Crippen molar-refractivity contribution in [1.29, 1.82) is 0 Å². The average molecular weight is 224 g/mol. The van der Waals surface area contributed by atoms with Crippen LogP contribution in [0.3, 0.4) is 0 Å². The molecule has 0 bridgehead atoms. The van der Waals surface area contributed by atoms with E-state index in [0.29, 0.717) is 24.1 Å². The van der Waals surface area contributed by atoms with Gasteiger partial charge in [0.2, 0.25) is 0 Å². The second-order valence-electron chi connectivity index (χ2n) is 4.20. The van der Waals surface area contributed by atoms with Gasteiger partial charge in [0.25, 0.3) is 5.91 Å². The van der Waals surface area contributed by atoms with E-state index in [4.69, 9.17) is 5.11 Å². The van der Waals surface area contributed by atoms with Crippen LogP contribution >= 0.6 is 0 Å². The average Bonchev–Trinajstić information content (AvgIpc) is 2.96. The van der Waals surface area contributed by atoms with E-state index in [1.807, 2.05) is 0 Å². The Morgan fingerprint density at radius 3 is 3.06 bits per heavy atom. The minimum Gasteiger partial charge on any atom is -0.396 e. The Hall–Kier alpha value is -1.43. The molecule has 1 heterocycles. The molecule has 2 atom stereocenters. The largest absolute Gasteiger partial charge is 0.396 e. The van der Waals surface area contributed by atoms with Gasteiger partial charge in [0.15, 0.2) is 5.69 Å². The minimum atomic E-state index is -0.211. The van der Waals surface area contributed by atoms with Gasteiger partial charge in [-0.2, -0.15) is 15.4 Å². The maximum Gasteiger partial charge on any atom is 0.273 e. The molecule has 6 nitrogen and oxygen atoms in total. The van der Waals surface area contributed by atoms with Gasteiger partial charge in [0.1, 0.15) is 0 Å². The van der Waals surface area contributed by atoms with E-state index in [1.165, 1.54) is 6.20 Å². The molecule has 0 aromatic carbocycles. The highest BCUT2D eigenvalue weighted by atomic mass is 16.3. The number of aromatic nitrogens is 3. The highest BCUT2D eigenvalue weighted by molar-refractivity contribution is 5.91. The molecule has 1 fully saturated rings. The van der Waals surface area contributed by atoms with Crippen molar-refractivity contribution in [3.05, 3.63) is 11.9 Å². The number of aliphatic hydroxyl groups is 1. The Morgan fingerprint density at radius 1 is 1.56 bits per heavy atom. The van der Waals surface area contributed by atoms with Crippen molar-refractivity contribution in [2.75, 3.05) is 13.2 Å². The van der Waals surface area contributed by atoms with Crippen LogP contribution in [0, 0.1) is 11.8 Å². The Balaban J connectivity index is 1.81. The monoisotopic (exact) mass is 224 g/mol. The van der Waals surface area contributed by atoms with Crippen LogP contribution in [0.1, 0.15) is 29.8 Å². The highest BCUT2D eigenvalue weighted by Crippen LogP contribution is 2.30. The molecule has 1 aliphatic carbocycles. The van der Waals surface area contributed by atoms with Gasteiger partial charge in [0, 0.05) is 13.2 Å². The Labute approximate surface area is 93.4 Å². The number of carbonyl (C=O) groups is 1. The molecule has 3 N–H and O–H groups in total. The predicted octanol–water partition coefficient (Wildman–Crippen LogP) is -0.0569. The molecule has 2 unspecified atom stereocenters. The number of nitrogens with one attached hydrogen (secondary N) is 2. The molecular formula is C10H16N4O2. The summed E-state index contributed by atoms with van der Waals surface area (Å²) in [5, 5.41) is 21.6. The van der Waals surface area contributed by atoms with Crippen molar-refractivity contribution in [3.8, 4) is 0 Å². The summed E-state index contributed by atoms with van der Waals surface area (Å²) in [5.74, 6) is 0.510. The summed E-state index contributed by atoms with van der Waals surface area (Å²) >= 11 is 0. The molecule has 1 saturated carbocycles. The Morgan fingerprint density at radius 2 is 2.38 bits per heavy atom. The topological polar surface area (TPSA) is 90.9 Å². The first kappa shape index (κ1) is 11.1. The van der Waals surface area contributed by atoms with Crippen LogP contribution < -0.4 is 5.32 Å². The Kier molecular flexibility index (Phi) is 3.51.